The molecule has 2 heterocycles. The Labute approximate surface area is 134 Å². The summed E-state index contributed by atoms with van der Waals surface area (Å²) in [5, 5.41) is 0.261. The standard InChI is InChI=1S/C16H22N4O3/c1-6-7-10(2)18(3)14(21)11-8-12-13(17-9-11)19(4)16(23)20(5)15(12)22/h8-10H,6-7H2,1-5H3. The Kier molecular flexibility index (Phi) is 4.68. The molecule has 1 amide bonds. The number of rotatable bonds is 4. The van der Waals surface area contributed by atoms with Gasteiger partial charge in [-0.05, 0) is 19.4 Å². The Morgan fingerprint density at radius 2 is 1.96 bits per heavy atom. The lowest BCUT2D eigenvalue weighted by molar-refractivity contribution is 0.0736. The molecule has 0 saturated carbocycles. The van der Waals surface area contributed by atoms with E-state index < -0.39 is 11.2 Å². The van der Waals surface area contributed by atoms with Gasteiger partial charge < -0.3 is 4.90 Å². The first kappa shape index (κ1) is 16.9. The summed E-state index contributed by atoms with van der Waals surface area (Å²) in [5.41, 5.74) is -0.269. The van der Waals surface area contributed by atoms with Gasteiger partial charge in [-0.2, -0.15) is 0 Å². The number of nitrogens with zero attached hydrogens (tertiary/aromatic N) is 4. The Balaban J connectivity index is 2.55. The van der Waals surface area contributed by atoms with Crippen molar-refractivity contribution < 1.29 is 4.79 Å². The largest absolute Gasteiger partial charge is 0.339 e. The fraction of sp³-hybridized carbons (Fsp3) is 0.500. The van der Waals surface area contributed by atoms with Gasteiger partial charge in [0, 0.05) is 33.4 Å². The number of aryl methyl sites for hydroxylation is 1. The SMILES string of the molecule is CCCC(C)N(C)C(=O)c1cnc2c(c1)c(=O)n(C)c(=O)n2C. The van der Waals surface area contributed by atoms with Crippen LogP contribution in [0.5, 0.6) is 0 Å². The zero-order chi connectivity index (χ0) is 17.3. The van der Waals surface area contributed by atoms with Crippen LogP contribution in [0.4, 0.5) is 0 Å². The fourth-order valence-electron chi connectivity index (χ4n) is 2.60. The molecule has 23 heavy (non-hydrogen) atoms. The van der Waals surface area contributed by atoms with E-state index in [1.54, 1.807) is 19.0 Å². The van der Waals surface area contributed by atoms with Crippen LogP contribution >= 0.6 is 0 Å². The van der Waals surface area contributed by atoms with E-state index in [0.717, 1.165) is 17.4 Å². The van der Waals surface area contributed by atoms with Crippen molar-refractivity contribution in [3.05, 3.63) is 38.7 Å². The topological polar surface area (TPSA) is 77.2 Å². The molecule has 124 valence electrons. The highest BCUT2D eigenvalue weighted by molar-refractivity contribution is 5.96. The molecular formula is C16H22N4O3. The highest BCUT2D eigenvalue weighted by Gasteiger charge is 2.19. The molecule has 2 aromatic rings. The zero-order valence-corrected chi connectivity index (χ0v) is 14.2. The number of aromatic nitrogens is 3. The average Bonchev–Trinajstić information content (AvgIpc) is 2.56. The number of carbonyl (C=O) groups excluding carboxylic acids is 1. The first-order valence-corrected chi connectivity index (χ1v) is 7.62. The minimum atomic E-state index is -0.450. The average molecular weight is 318 g/mol. The maximum Gasteiger partial charge on any atom is 0.332 e. The molecule has 1 unspecified atom stereocenters. The summed E-state index contributed by atoms with van der Waals surface area (Å²) in [6.07, 6.45) is 3.30. The van der Waals surface area contributed by atoms with Crippen molar-refractivity contribution in [2.75, 3.05) is 7.05 Å². The Morgan fingerprint density at radius 3 is 2.57 bits per heavy atom. The third kappa shape index (κ3) is 2.91. The summed E-state index contributed by atoms with van der Waals surface area (Å²) in [6.45, 7) is 4.05. The van der Waals surface area contributed by atoms with Crippen molar-refractivity contribution in [2.24, 2.45) is 14.1 Å². The van der Waals surface area contributed by atoms with Crippen LogP contribution in [0, 0.1) is 0 Å². The van der Waals surface area contributed by atoms with Gasteiger partial charge in [0.25, 0.3) is 11.5 Å². The highest BCUT2D eigenvalue weighted by Crippen LogP contribution is 2.12. The molecule has 7 heteroatoms. The third-order valence-electron chi connectivity index (χ3n) is 4.23. The van der Waals surface area contributed by atoms with Crippen molar-refractivity contribution in [3.63, 3.8) is 0 Å². The minimum Gasteiger partial charge on any atom is -0.339 e. The predicted octanol–water partition coefficient (Wildman–Crippen LogP) is 0.893. The number of carbonyl (C=O) groups is 1. The van der Waals surface area contributed by atoms with Gasteiger partial charge in [-0.3, -0.25) is 18.7 Å². The van der Waals surface area contributed by atoms with Crippen LogP contribution in [-0.2, 0) is 14.1 Å². The van der Waals surface area contributed by atoms with Crippen molar-refractivity contribution in [1.29, 1.82) is 0 Å². The van der Waals surface area contributed by atoms with Gasteiger partial charge in [0.05, 0.1) is 10.9 Å². The summed E-state index contributed by atoms with van der Waals surface area (Å²) in [5.74, 6) is -0.184. The van der Waals surface area contributed by atoms with Gasteiger partial charge in [0.15, 0.2) is 0 Å². The van der Waals surface area contributed by atoms with Crippen molar-refractivity contribution in [3.8, 4) is 0 Å². The summed E-state index contributed by atoms with van der Waals surface area (Å²) in [7, 11) is 4.70. The van der Waals surface area contributed by atoms with Gasteiger partial charge in [-0.25, -0.2) is 9.78 Å². The van der Waals surface area contributed by atoms with E-state index in [4.69, 9.17) is 0 Å². The lowest BCUT2D eigenvalue weighted by atomic mass is 10.1. The van der Waals surface area contributed by atoms with Gasteiger partial charge in [-0.15, -0.1) is 0 Å². The van der Waals surface area contributed by atoms with Crippen LogP contribution in [0.2, 0.25) is 0 Å². The Hall–Kier alpha value is -2.44. The fourth-order valence-corrected chi connectivity index (χ4v) is 2.60. The molecule has 0 saturated heterocycles. The molecule has 0 aliphatic heterocycles. The van der Waals surface area contributed by atoms with Crippen LogP contribution in [-0.4, -0.2) is 38.0 Å². The lowest BCUT2D eigenvalue weighted by Crippen LogP contribution is -2.38. The number of hydrogen-bond donors (Lipinski definition) is 0. The quantitative estimate of drug-likeness (QED) is 0.839. The maximum atomic E-state index is 12.6. The second-order valence-electron chi connectivity index (χ2n) is 5.85. The van der Waals surface area contributed by atoms with Crippen LogP contribution in [0.15, 0.2) is 21.9 Å². The molecule has 0 aliphatic rings. The number of hydrogen-bond acceptors (Lipinski definition) is 4. The number of pyridine rings is 1. The zero-order valence-electron chi connectivity index (χ0n) is 14.2. The summed E-state index contributed by atoms with van der Waals surface area (Å²) in [6, 6.07) is 1.62. The van der Waals surface area contributed by atoms with Crippen LogP contribution < -0.4 is 11.2 Å². The molecule has 0 spiro atoms. The van der Waals surface area contributed by atoms with E-state index in [9.17, 15) is 14.4 Å². The smallest absolute Gasteiger partial charge is 0.332 e. The maximum absolute atomic E-state index is 12.6. The van der Waals surface area contributed by atoms with Gasteiger partial charge in [0.2, 0.25) is 0 Å². The van der Waals surface area contributed by atoms with Gasteiger partial charge in [0.1, 0.15) is 5.65 Å². The summed E-state index contributed by atoms with van der Waals surface area (Å²) < 4.78 is 2.32. The minimum absolute atomic E-state index is 0.103. The van der Waals surface area contributed by atoms with E-state index >= 15 is 0 Å². The highest BCUT2D eigenvalue weighted by atomic mass is 16.2. The third-order valence-corrected chi connectivity index (χ3v) is 4.23. The molecule has 0 bridgehead atoms. The van der Waals surface area contributed by atoms with Crippen LogP contribution in [0.3, 0.4) is 0 Å². The number of fused-ring (bicyclic) bond motifs is 1. The van der Waals surface area contributed by atoms with Gasteiger partial charge >= 0.3 is 5.69 Å². The van der Waals surface area contributed by atoms with E-state index in [1.165, 1.54) is 23.9 Å². The van der Waals surface area contributed by atoms with Crippen molar-refractivity contribution >= 4 is 16.9 Å². The first-order valence-electron chi connectivity index (χ1n) is 7.62. The predicted molar refractivity (Wildman–Crippen MR) is 88.7 cm³/mol. The molecule has 0 aliphatic carbocycles. The Bertz CT molecular complexity index is 866. The molecule has 0 N–H and O–H groups in total. The second kappa shape index (κ2) is 6.36. The lowest BCUT2D eigenvalue weighted by Gasteiger charge is -2.24. The molecule has 1 atom stereocenters. The second-order valence-corrected chi connectivity index (χ2v) is 5.85. The van der Waals surface area contributed by atoms with Crippen molar-refractivity contribution in [2.45, 2.75) is 32.7 Å². The normalized spacial score (nSPS) is 12.4. The van der Waals surface area contributed by atoms with E-state index in [0.29, 0.717) is 5.56 Å². The Morgan fingerprint density at radius 1 is 1.30 bits per heavy atom. The van der Waals surface area contributed by atoms with Crippen LogP contribution in [0.25, 0.3) is 11.0 Å². The van der Waals surface area contributed by atoms with Gasteiger partial charge in [-0.1, -0.05) is 13.3 Å². The molecule has 0 fully saturated rings. The number of amides is 1. The molecule has 0 radical (unpaired) electrons. The first-order chi connectivity index (χ1) is 10.8. The van der Waals surface area contributed by atoms with Crippen LogP contribution in [0.1, 0.15) is 37.0 Å². The summed E-state index contributed by atoms with van der Waals surface area (Å²) in [4.78, 5) is 42.5. The van der Waals surface area contributed by atoms with E-state index in [1.807, 2.05) is 6.92 Å². The molecule has 2 rings (SSSR count). The molecule has 7 nitrogen and oxygen atoms in total. The van der Waals surface area contributed by atoms with Crippen molar-refractivity contribution in [1.82, 2.24) is 19.0 Å². The molecule has 2 aromatic heterocycles. The molecular weight excluding hydrogens is 296 g/mol. The monoisotopic (exact) mass is 318 g/mol. The van der Waals surface area contributed by atoms with E-state index in [2.05, 4.69) is 11.9 Å². The summed E-state index contributed by atoms with van der Waals surface area (Å²) >= 11 is 0. The molecule has 0 aromatic carbocycles. The van der Waals surface area contributed by atoms with E-state index in [-0.39, 0.29) is 23.0 Å².